The average Bonchev–Trinajstić information content (AvgIpc) is 2.58. The Labute approximate surface area is 141 Å². The van der Waals surface area contributed by atoms with Crippen LogP contribution in [0.4, 0.5) is 0 Å². The number of carboxylic acids is 1. The van der Waals surface area contributed by atoms with E-state index in [1.165, 1.54) is 0 Å². The summed E-state index contributed by atoms with van der Waals surface area (Å²) in [5.41, 5.74) is 1.06. The van der Waals surface area contributed by atoms with E-state index in [-0.39, 0.29) is 18.4 Å². The van der Waals surface area contributed by atoms with Gasteiger partial charge in [0.1, 0.15) is 13.2 Å². The standard InChI is InChI=1S/C17H24N2O5/c1-12(19(2)8-6-16(20)21)17(22)18-7-5-13-3-4-14-15(11-13)24-10-9-23-14/h3-4,11-12H,5-10H2,1-2H3,(H,18,22)(H,20,21). The summed E-state index contributed by atoms with van der Waals surface area (Å²) in [6.07, 6.45) is 0.708. The molecule has 0 radical (unpaired) electrons. The van der Waals surface area contributed by atoms with Crippen LogP contribution in [-0.4, -0.2) is 61.3 Å². The Kier molecular flexibility index (Phi) is 6.43. The van der Waals surface area contributed by atoms with E-state index in [0.717, 1.165) is 17.1 Å². The lowest BCUT2D eigenvalue weighted by atomic mass is 10.1. The molecular weight excluding hydrogens is 312 g/mol. The number of ether oxygens (including phenoxy) is 2. The van der Waals surface area contributed by atoms with Crippen molar-refractivity contribution in [1.29, 1.82) is 0 Å². The molecule has 1 aromatic rings. The fourth-order valence-electron chi connectivity index (χ4n) is 2.39. The van der Waals surface area contributed by atoms with E-state index in [1.54, 1.807) is 18.9 Å². The highest BCUT2D eigenvalue weighted by molar-refractivity contribution is 5.81. The number of benzene rings is 1. The quantitative estimate of drug-likeness (QED) is 0.734. The van der Waals surface area contributed by atoms with Gasteiger partial charge in [-0.15, -0.1) is 0 Å². The van der Waals surface area contributed by atoms with Gasteiger partial charge in [-0.25, -0.2) is 0 Å². The van der Waals surface area contributed by atoms with Crippen LogP contribution in [-0.2, 0) is 16.0 Å². The van der Waals surface area contributed by atoms with Crippen LogP contribution < -0.4 is 14.8 Å². The SMILES string of the molecule is CC(C(=O)NCCc1ccc2c(c1)OCCO2)N(C)CCC(=O)O. The van der Waals surface area contributed by atoms with Crippen LogP contribution in [0.3, 0.4) is 0 Å². The second-order valence-corrected chi connectivity index (χ2v) is 5.82. The van der Waals surface area contributed by atoms with Crippen molar-refractivity contribution in [1.82, 2.24) is 10.2 Å². The van der Waals surface area contributed by atoms with E-state index >= 15 is 0 Å². The van der Waals surface area contributed by atoms with E-state index in [2.05, 4.69) is 5.32 Å². The zero-order valence-corrected chi connectivity index (χ0v) is 14.1. The third kappa shape index (κ3) is 5.13. The molecule has 132 valence electrons. The lowest BCUT2D eigenvalue weighted by Crippen LogP contribution is -2.44. The first kappa shape index (κ1) is 18.1. The monoisotopic (exact) mass is 336 g/mol. The maximum Gasteiger partial charge on any atom is 0.304 e. The Hall–Kier alpha value is -2.28. The van der Waals surface area contributed by atoms with E-state index in [0.29, 0.717) is 32.7 Å². The molecule has 24 heavy (non-hydrogen) atoms. The number of hydrogen-bond donors (Lipinski definition) is 2. The lowest BCUT2D eigenvalue weighted by molar-refractivity contribution is -0.138. The Bertz CT molecular complexity index is 590. The van der Waals surface area contributed by atoms with E-state index in [4.69, 9.17) is 14.6 Å². The summed E-state index contributed by atoms with van der Waals surface area (Å²) >= 11 is 0. The number of hydrogen-bond acceptors (Lipinski definition) is 5. The lowest BCUT2D eigenvalue weighted by Gasteiger charge is -2.23. The smallest absolute Gasteiger partial charge is 0.304 e. The highest BCUT2D eigenvalue weighted by Gasteiger charge is 2.18. The highest BCUT2D eigenvalue weighted by atomic mass is 16.6. The van der Waals surface area contributed by atoms with Gasteiger partial charge in [0, 0.05) is 13.1 Å². The summed E-state index contributed by atoms with van der Waals surface area (Å²) in [5.74, 6) is 0.517. The number of nitrogens with zero attached hydrogens (tertiary/aromatic N) is 1. The van der Waals surface area contributed by atoms with Crippen molar-refractivity contribution in [2.75, 3.05) is 33.4 Å². The van der Waals surface area contributed by atoms with Gasteiger partial charge in [-0.1, -0.05) is 6.07 Å². The number of likely N-dealkylation sites (N-methyl/N-ethyl adjacent to an activating group) is 1. The minimum absolute atomic E-state index is 0.0192. The number of amides is 1. The number of rotatable bonds is 8. The van der Waals surface area contributed by atoms with Crippen molar-refractivity contribution < 1.29 is 24.2 Å². The van der Waals surface area contributed by atoms with Gasteiger partial charge in [-0.3, -0.25) is 14.5 Å². The van der Waals surface area contributed by atoms with Crippen molar-refractivity contribution in [3.05, 3.63) is 23.8 Å². The number of carbonyl (C=O) groups is 2. The second-order valence-electron chi connectivity index (χ2n) is 5.82. The van der Waals surface area contributed by atoms with Gasteiger partial charge in [0.2, 0.25) is 5.91 Å². The predicted octanol–water partition coefficient (Wildman–Crippen LogP) is 0.912. The van der Waals surface area contributed by atoms with Gasteiger partial charge in [-0.2, -0.15) is 0 Å². The summed E-state index contributed by atoms with van der Waals surface area (Å²) in [4.78, 5) is 24.4. The van der Waals surface area contributed by atoms with Crippen molar-refractivity contribution in [2.24, 2.45) is 0 Å². The van der Waals surface area contributed by atoms with Crippen molar-refractivity contribution >= 4 is 11.9 Å². The maximum atomic E-state index is 12.1. The fourth-order valence-corrected chi connectivity index (χ4v) is 2.39. The van der Waals surface area contributed by atoms with Crippen LogP contribution in [0.2, 0.25) is 0 Å². The molecule has 0 aliphatic carbocycles. The van der Waals surface area contributed by atoms with E-state index < -0.39 is 5.97 Å². The van der Waals surface area contributed by atoms with Crippen LogP contribution in [0.15, 0.2) is 18.2 Å². The van der Waals surface area contributed by atoms with Crippen LogP contribution in [0, 0.1) is 0 Å². The number of aliphatic carboxylic acids is 1. The Morgan fingerprint density at radius 2 is 2.00 bits per heavy atom. The molecule has 0 saturated carbocycles. The molecule has 2 rings (SSSR count). The Morgan fingerprint density at radius 1 is 1.29 bits per heavy atom. The molecule has 1 unspecified atom stereocenters. The molecule has 0 bridgehead atoms. The van der Waals surface area contributed by atoms with Gasteiger partial charge in [0.15, 0.2) is 11.5 Å². The van der Waals surface area contributed by atoms with Crippen LogP contribution >= 0.6 is 0 Å². The number of carboxylic acid groups (broad SMARTS) is 1. The first-order chi connectivity index (χ1) is 11.5. The molecule has 7 heteroatoms. The number of nitrogens with one attached hydrogen (secondary N) is 1. The molecule has 1 amide bonds. The predicted molar refractivity (Wildman–Crippen MR) is 88.5 cm³/mol. The largest absolute Gasteiger partial charge is 0.486 e. The first-order valence-electron chi connectivity index (χ1n) is 8.05. The van der Waals surface area contributed by atoms with Gasteiger partial charge < -0.3 is 19.9 Å². The molecule has 0 aromatic heterocycles. The first-order valence-corrected chi connectivity index (χ1v) is 8.05. The van der Waals surface area contributed by atoms with Crippen LogP contribution in [0.25, 0.3) is 0 Å². The molecule has 1 aromatic carbocycles. The zero-order chi connectivity index (χ0) is 17.5. The summed E-state index contributed by atoms with van der Waals surface area (Å²) in [6.45, 7) is 3.73. The van der Waals surface area contributed by atoms with E-state index in [1.807, 2.05) is 18.2 Å². The van der Waals surface area contributed by atoms with Gasteiger partial charge in [-0.05, 0) is 38.1 Å². The summed E-state index contributed by atoms with van der Waals surface area (Å²) in [6, 6.07) is 5.41. The molecule has 7 nitrogen and oxygen atoms in total. The molecule has 1 aliphatic rings. The van der Waals surface area contributed by atoms with Crippen LogP contribution in [0.1, 0.15) is 18.9 Å². The van der Waals surface area contributed by atoms with Gasteiger partial charge in [0.05, 0.1) is 12.5 Å². The normalized spacial score (nSPS) is 14.3. The summed E-state index contributed by atoms with van der Waals surface area (Å²) in [5, 5.41) is 11.6. The average molecular weight is 336 g/mol. The maximum absolute atomic E-state index is 12.1. The topological polar surface area (TPSA) is 88.1 Å². The minimum Gasteiger partial charge on any atom is -0.486 e. The van der Waals surface area contributed by atoms with Crippen molar-refractivity contribution in [2.45, 2.75) is 25.8 Å². The molecule has 0 fully saturated rings. The van der Waals surface area contributed by atoms with Crippen molar-refractivity contribution in [3.63, 3.8) is 0 Å². The molecule has 0 saturated heterocycles. The molecule has 1 aliphatic heterocycles. The highest BCUT2D eigenvalue weighted by Crippen LogP contribution is 2.30. The van der Waals surface area contributed by atoms with Gasteiger partial charge in [0.25, 0.3) is 0 Å². The van der Waals surface area contributed by atoms with E-state index in [9.17, 15) is 9.59 Å². The van der Waals surface area contributed by atoms with Crippen molar-refractivity contribution in [3.8, 4) is 11.5 Å². The summed E-state index contributed by atoms with van der Waals surface area (Å²) < 4.78 is 11.0. The zero-order valence-electron chi connectivity index (χ0n) is 14.1. The van der Waals surface area contributed by atoms with Crippen LogP contribution in [0.5, 0.6) is 11.5 Å². The summed E-state index contributed by atoms with van der Waals surface area (Å²) in [7, 11) is 1.74. The molecular formula is C17H24N2O5. The third-order valence-corrected chi connectivity index (χ3v) is 4.04. The Balaban J connectivity index is 1.76. The fraction of sp³-hybridized carbons (Fsp3) is 0.529. The number of carbonyl (C=O) groups excluding carboxylic acids is 1. The molecule has 1 atom stereocenters. The molecule has 1 heterocycles. The Morgan fingerprint density at radius 3 is 2.71 bits per heavy atom. The molecule has 2 N–H and O–H groups in total. The minimum atomic E-state index is -0.868. The number of fused-ring (bicyclic) bond motifs is 1. The van der Waals surface area contributed by atoms with Gasteiger partial charge >= 0.3 is 5.97 Å². The second kappa shape index (κ2) is 8.54. The molecule has 0 spiro atoms. The third-order valence-electron chi connectivity index (χ3n) is 4.04.